The third kappa shape index (κ3) is 9.09. The zero-order chi connectivity index (χ0) is 22.0. The number of aliphatic hydroxyl groups is 1. The first-order valence-electron chi connectivity index (χ1n) is 9.99. The molecule has 0 aromatic carbocycles. The van der Waals surface area contributed by atoms with Gasteiger partial charge < -0.3 is 14.9 Å². The number of rotatable bonds is 9. The largest absolute Gasteiger partial charge is 0.479 e. The van der Waals surface area contributed by atoms with Crippen molar-refractivity contribution < 1.29 is 24.5 Å². The molecule has 2 N–H and O–H groups in total. The Kier molecular flexibility index (Phi) is 9.83. The molecule has 0 amide bonds. The van der Waals surface area contributed by atoms with Crippen LogP contribution in [-0.4, -0.2) is 34.9 Å². The molecule has 1 aliphatic carbocycles. The molecule has 0 saturated carbocycles. The molecule has 1 unspecified atom stereocenters. The van der Waals surface area contributed by atoms with Crippen LogP contribution in [0.3, 0.4) is 0 Å². The first kappa shape index (κ1) is 24.6. The quantitative estimate of drug-likeness (QED) is 0.423. The highest BCUT2D eigenvalue weighted by Gasteiger charge is 2.26. The normalized spacial score (nSPS) is 19.1. The Morgan fingerprint density at radius 1 is 1.21 bits per heavy atom. The minimum Gasteiger partial charge on any atom is -0.479 e. The summed E-state index contributed by atoms with van der Waals surface area (Å²) in [4.78, 5) is 21.9. The highest BCUT2D eigenvalue weighted by atomic mass is 16.5. The molecular weight excluding hydrogens is 368 g/mol. The average Bonchev–Trinajstić information content (AvgIpc) is 2.60. The minimum atomic E-state index is -1.73. The number of carbonyl (C=O) groups is 2. The molecule has 1 atom stereocenters. The van der Waals surface area contributed by atoms with Crippen LogP contribution >= 0.6 is 0 Å². The van der Waals surface area contributed by atoms with Crippen molar-refractivity contribution in [2.24, 2.45) is 5.41 Å². The number of hydrogen-bond acceptors (Lipinski definition) is 4. The molecule has 1 aliphatic rings. The summed E-state index contributed by atoms with van der Waals surface area (Å²) >= 11 is 0. The van der Waals surface area contributed by atoms with E-state index in [-0.39, 0.29) is 12.0 Å². The van der Waals surface area contributed by atoms with Crippen molar-refractivity contribution in [2.45, 2.75) is 66.4 Å². The van der Waals surface area contributed by atoms with Crippen molar-refractivity contribution >= 4 is 11.9 Å². The Morgan fingerprint density at radius 3 is 2.52 bits per heavy atom. The number of aliphatic hydroxyl groups excluding tert-OH is 1. The Hall–Kier alpha value is -2.40. The summed E-state index contributed by atoms with van der Waals surface area (Å²) in [7, 11) is 0. The summed E-state index contributed by atoms with van der Waals surface area (Å²) in [5.41, 5.74) is 5.20. The van der Waals surface area contributed by atoms with Gasteiger partial charge in [0.15, 0.2) is 6.10 Å². The first-order chi connectivity index (χ1) is 13.5. The van der Waals surface area contributed by atoms with Crippen LogP contribution in [-0.2, 0) is 14.3 Å². The monoisotopic (exact) mass is 402 g/mol. The number of carbonyl (C=O) groups excluding carboxylic acids is 1. The standard InChI is InChI=1S/C24H34O5/c1-17(11-12-20-19(3)10-7-14-24(20,4)5)8-6-9-18(2)13-15-29-22(26)16-21(25)23(27)28/h6,8-9,11-13,21,25H,7,10,14-16H2,1-5H3,(H,27,28)/b9-6+,12-11+,17-8-,18-13+. The van der Waals surface area contributed by atoms with Gasteiger partial charge in [0.25, 0.3) is 0 Å². The van der Waals surface area contributed by atoms with E-state index in [1.807, 2.05) is 25.2 Å². The maximum atomic E-state index is 11.4. The molecule has 0 fully saturated rings. The Morgan fingerprint density at radius 2 is 1.90 bits per heavy atom. The van der Waals surface area contributed by atoms with Crippen LogP contribution in [0.2, 0.25) is 0 Å². The van der Waals surface area contributed by atoms with Gasteiger partial charge in [-0.05, 0) is 57.1 Å². The van der Waals surface area contributed by atoms with E-state index in [0.717, 1.165) is 11.1 Å². The first-order valence-corrected chi connectivity index (χ1v) is 9.99. The van der Waals surface area contributed by atoms with Gasteiger partial charge in [-0.25, -0.2) is 4.79 Å². The third-order valence-electron chi connectivity index (χ3n) is 5.07. The highest BCUT2D eigenvalue weighted by molar-refractivity contribution is 5.80. The molecule has 5 heteroatoms. The van der Waals surface area contributed by atoms with E-state index in [1.54, 1.807) is 6.08 Å². The lowest BCUT2D eigenvalue weighted by Gasteiger charge is -2.32. The summed E-state index contributed by atoms with van der Waals surface area (Å²) in [6, 6.07) is 0. The fourth-order valence-corrected chi connectivity index (χ4v) is 3.27. The van der Waals surface area contributed by atoms with Crippen molar-refractivity contribution in [3.05, 3.63) is 58.7 Å². The lowest BCUT2D eigenvalue weighted by atomic mass is 9.72. The number of aliphatic carboxylic acids is 1. The molecule has 0 bridgehead atoms. The number of hydrogen-bond donors (Lipinski definition) is 2. The highest BCUT2D eigenvalue weighted by Crippen LogP contribution is 2.40. The van der Waals surface area contributed by atoms with E-state index < -0.39 is 24.5 Å². The van der Waals surface area contributed by atoms with Gasteiger partial charge in [-0.3, -0.25) is 4.79 Å². The van der Waals surface area contributed by atoms with Crippen molar-refractivity contribution in [1.82, 2.24) is 0 Å². The third-order valence-corrected chi connectivity index (χ3v) is 5.07. The number of ether oxygens (including phenoxy) is 1. The van der Waals surface area contributed by atoms with Crippen LogP contribution in [0.5, 0.6) is 0 Å². The van der Waals surface area contributed by atoms with Crippen LogP contribution in [0.1, 0.15) is 60.3 Å². The van der Waals surface area contributed by atoms with Gasteiger partial charge in [-0.2, -0.15) is 0 Å². The molecule has 0 spiro atoms. The van der Waals surface area contributed by atoms with Gasteiger partial charge in [0.1, 0.15) is 6.61 Å². The van der Waals surface area contributed by atoms with E-state index in [1.165, 1.54) is 30.4 Å². The Balaban J connectivity index is 2.55. The lowest BCUT2D eigenvalue weighted by Crippen LogP contribution is -2.24. The van der Waals surface area contributed by atoms with Gasteiger partial charge >= 0.3 is 11.9 Å². The van der Waals surface area contributed by atoms with E-state index in [0.29, 0.717) is 0 Å². The maximum absolute atomic E-state index is 11.4. The van der Waals surface area contributed by atoms with Gasteiger partial charge in [-0.1, -0.05) is 60.9 Å². The zero-order valence-corrected chi connectivity index (χ0v) is 18.2. The summed E-state index contributed by atoms with van der Waals surface area (Å²) in [6.45, 7) is 10.8. The maximum Gasteiger partial charge on any atom is 0.333 e. The molecule has 5 nitrogen and oxygen atoms in total. The molecule has 0 saturated heterocycles. The molecule has 29 heavy (non-hydrogen) atoms. The molecular formula is C24H34O5. The van der Waals surface area contributed by atoms with Crippen molar-refractivity contribution in [3.8, 4) is 0 Å². The number of carboxylic acids is 1. The smallest absolute Gasteiger partial charge is 0.333 e. The van der Waals surface area contributed by atoms with Gasteiger partial charge in [0.05, 0.1) is 6.42 Å². The molecule has 0 heterocycles. The lowest BCUT2D eigenvalue weighted by molar-refractivity contribution is -0.155. The average molecular weight is 403 g/mol. The molecule has 0 aliphatic heterocycles. The van der Waals surface area contributed by atoms with Gasteiger partial charge in [0.2, 0.25) is 0 Å². The Labute approximate surface area is 174 Å². The van der Waals surface area contributed by atoms with Gasteiger partial charge in [-0.15, -0.1) is 0 Å². The second kappa shape index (κ2) is 11.6. The summed E-state index contributed by atoms with van der Waals surface area (Å²) < 4.78 is 4.89. The van der Waals surface area contributed by atoms with Gasteiger partial charge in [0, 0.05) is 0 Å². The fraction of sp³-hybridized carbons (Fsp3) is 0.500. The summed E-state index contributed by atoms with van der Waals surface area (Å²) in [5.74, 6) is -2.18. The number of carboxylic acid groups (broad SMARTS) is 1. The minimum absolute atomic E-state index is 0.0342. The summed E-state index contributed by atoms with van der Waals surface area (Å²) in [5, 5.41) is 17.6. The van der Waals surface area contributed by atoms with Crippen LogP contribution < -0.4 is 0 Å². The molecule has 0 aromatic heterocycles. The molecule has 0 radical (unpaired) electrons. The van der Waals surface area contributed by atoms with Crippen LogP contribution in [0.15, 0.2) is 58.7 Å². The molecule has 1 rings (SSSR count). The topological polar surface area (TPSA) is 83.8 Å². The van der Waals surface area contributed by atoms with E-state index in [2.05, 4.69) is 39.8 Å². The number of allylic oxidation sites excluding steroid dienone is 9. The predicted octanol–water partition coefficient (Wildman–Crippen LogP) is 4.90. The molecule has 0 aromatic rings. The second-order valence-electron chi connectivity index (χ2n) is 8.22. The summed E-state index contributed by atoms with van der Waals surface area (Å²) in [6.07, 6.45) is 13.3. The number of esters is 1. The molecule has 160 valence electrons. The fourth-order valence-electron chi connectivity index (χ4n) is 3.27. The van der Waals surface area contributed by atoms with Crippen molar-refractivity contribution in [1.29, 1.82) is 0 Å². The van der Waals surface area contributed by atoms with Crippen molar-refractivity contribution in [3.63, 3.8) is 0 Å². The zero-order valence-electron chi connectivity index (χ0n) is 18.2. The van der Waals surface area contributed by atoms with Crippen LogP contribution in [0, 0.1) is 5.41 Å². The predicted molar refractivity (Wildman–Crippen MR) is 115 cm³/mol. The van der Waals surface area contributed by atoms with Crippen molar-refractivity contribution in [2.75, 3.05) is 6.61 Å². The SMILES string of the molecule is CC1=C(/C=C/C(C)=C\C=C\C(C)=C\COC(=O)CC(O)C(=O)O)C(C)(C)CCC1. The second-order valence-corrected chi connectivity index (χ2v) is 8.22. The van der Waals surface area contributed by atoms with E-state index >= 15 is 0 Å². The van der Waals surface area contributed by atoms with Crippen LogP contribution in [0.4, 0.5) is 0 Å². The van der Waals surface area contributed by atoms with E-state index in [4.69, 9.17) is 14.9 Å². The van der Waals surface area contributed by atoms with E-state index in [9.17, 15) is 9.59 Å². The Bertz CT molecular complexity index is 747. The van der Waals surface area contributed by atoms with Crippen LogP contribution in [0.25, 0.3) is 0 Å².